The van der Waals surface area contributed by atoms with Gasteiger partial charge in [0.1, 0.15) is 5.75 Å². The Kier molecular flexibility index (Phi) is 7.87. The first-order valence-corrected chi connectivity index (χ1v) is 7.00. The van der Waals surface area contributed by atoms with E-state index < -0.39 is 0 Å². The quantitative estimate of drug-likeness (QED) is 0.390. The summed E-state index contributed by atoms with van der Waals surface area (Å²) in [6.45, 7) is 5.66. The molecule has 0 radical (unpaired) electrons. The molecule has 0 N–H and O–H groups in total. The molecule has 0 saturated heterocycles. The average Bonchev–Trinajstić information content (AvgIpc) is 2.38. The SMILES string of the molecule is COCCOCOc1cccc([C@@H](Cl)CC(C)C)c1. The van der Waals surface area contributed by atoms with Gasteiger partial charge in [-0.25, -0.2) is 0 Å². The fourth-order valence-corrected chi connectivity index (χ4v) is 2.15. The maximum Gasteiger partial charge on any atom is 0.189 e. The highest BCUT2D eigenvalue weighted by molar-refractivity contribution is 6.20. The third-order valence-corrected chi connectivity index (χ3v) is 3.07. The summed E-state index contributed by atoms with van der Waals surface area (Å²) in [4.78, 5) is 0. The van der Waals surface area contributed by atoms with Crippen molar-refractivity contribution in [3.63, 3.8) is 0 Å². The number of halogens is 1. The predicted molar refractivity (Wildman–Crippen MR) is 77.8 cm³/mol. The molecule has 0 aliphatic rings. The molecule has 108 valence electrons. The van der Waals surface area contributed by atoms with E-state index in [2.05, 4.69) is 13.8 Å². The van der Waals surface area contributed by atoms with E-state index in [4.69, 9.17) is 25.8 Å². The van der Waals surface area contributed by atoms with Crippen molar-refractivity contribution in [2.24, 2.45) is 5.92 Å². The average molecular weight is 287 g/mol. The molecule has 0 aliphatic carbocycles. The minimum Gasteiger partial charge on any atom is -0.468 e. The van der Waals surface area contributed by atoms with E-state index in [9.17, 15) is 0 Å². The van der Waals surface area contributed by atoms with Crippen LogP contribution in [0.4, 0.5) is 0 Å². The molecule has 1 aromatic rings. The monoisotopic (exact) mass is 286 g/mol. The molecule has 0 fully saturated rings. The van der Waals surface area contributed by atoms with E-state index in [1.807, 2.05) is 24.3 Å². The topological polar surface area (TPSA) is 27.7 Å². The summed E-state index contributed by atoms with van der Waals surface area (Å²) in [6.07, 6.45) is 0.954. The molecule has 19 heavy (non-hydrogen) atoms. The van der Waals surface area contributed by atoms with Crippen LogP contribution in [0.1, 0.15) is 31.2 Å². The van der Waals surface area contributed by atoms with Crippen molar-refractivity contribution in [2.45, 2.75) is 25.6 Å². The Balaban J connectivity index is 2.43. The van der Waals surface area contributed by atoms with Crippen LogP contribution in [0.3, 0.4) is 0 Å². The highest BCUT2D eigenvalue weighted by Crippen LogP contribution is 2.29. The van der Waals surface area contributed by atoms with Crippen molar-refractivity contribution < 1.29 is 14.2 Å². The molecule has 1 aromatic carbocycles. The molecule has 0 saturated carbocycles. The Bertz CT molecular complexity index is 355. The van der Waals surface area contributed by atoms with E-state index >= 15 is 0 Å². The molecule has 0 heterocycles. The van der Waals surface area contributed by atoms with Gasteiger partial charge in [0.05, 0.1) is 18.6 Å². The van der Waals surface area contributed by atoms with Gasteiger partial charge in [-0.3, -0.25) is 0 Å². The van der Waals surface area contributed by atoms with E-state index in [0.29, 0.717) is 19.1 Å². The molecular weight excluding hydrogens is 264 g/mol. The fourth-order valence-electron chi connectivity index (χ4n) is 1.66. The van der Waals surface area contributed by atoms with Gasteiger partial charge in [0, 0.05) is 7.11 Å². The van der Waals surface area contributed by atoms with Crippen molar-refractivity contribution in [3.05, 3.63) is 29.8 Å². The molecule has 1 atom stereocenters. The number of hydrogen-bond donors (Lipinski definition) is 0. The van der Waals surface area contributed by atoms with Crippen LogP contribution in [0.25, 0.3) is 0 Å². The summed E-state index contributed by atoms with van der Waals surface area (Å²) in [5, 5.41) is 0.0259. The van der Waals surface area contributed by atoms with Gasteiger partial charge in [-0.2, -0.15) is 0 Å². The number of methoxy groups -OCH3 is 1. The summed E-state index contributed by atoms with van der Waals surface area (Å²) in [5.74, 6) is 1.36. The van der Waals surface area contributed by atoms with Gasteiger partial charge in [-0.05, 0) is 30.0 Å². The van der Waals surface area contributed by atoms with Crippen molar-refractivity contribution >= 4 is 11.6 Å². The Morgan fingerprint density at radius 3 is 2.68 bits per heavy atom. The molecule has 0 aromatic heterocycles. The second-order valence-electron chi connectivity index (χ2n) is 4.83. The van der Waals surface area contributed by atoms with E-state index in [-0.39, 0.29) is 12.2 Å². The third-order valence-electron chi connectivity index (χ3n) is 2.64. The van der Waals surface area contributed by atoms with Gasteiger partial charge in [-0.1, -0.05) is 26.0 Å². The van der Waals surface area contributed by atoms with Gasteiger partial charge in [-0.15, -0.1) is 11.6 Å². The Hall–Kier alpha value is -0.770. The zero-order chi connectivity index (χ0) is 14.1. The fraction of sp³-hybridized carbons (Fsp3) is 0.600. The summed E-state index contributed by atoms with van der Waals surface area (Å²) in [6, 6.07) is 7.86. The largest absolute Gasteiger partial charge is 0.468 e. The number of rotatable bonds is 9. The Morgan fingerprint density at radius 2 is 2.00 bits per heavy atom. The molecule has 0 amide bonds. The second kappa shape index (κ2) is 9.18. The molecule has 3 nitrogen and oxygen atoms in total. The van der Waals surface area contributed by atoms with Crippen LogP contribution >= 0.6 is 11.6 Å². The van der Waals surface area contributed by atoms with Crippen LogP contribution < -0.4 is 4.74 Å². The van der Waals surface area contributed by atoms with Crippen molar-refractivity contribution in [1.82, 2.24) is 0 Å². The summed E-state index contributed by atoms with van der Waals surface area (Å²) in [7, 11) is 1.64. The lowest BCUT2D eigenvalue weighted by Crippen LogP contribution is -2.08. The van der Waals surface area contributed by atoms with Gasteiger partial charge >= 0.3 is 0 Å². The van der Waals surface area contributed by atoms with Crippen LogP contribution in [0, 0.1) is 5.92 Å². The first-order chi connectivity index (χ1) is 9.13. The molecule has 1 rings (SSSR count). The van der Waals surface area contributed by atoms with Crippen molar-refractivity contribution in [1.29, 1.82) is 0 Å². The smallest absolute Gasteiger partial charge is 0.189 e. The standard InChI is InChI=1S/C15H23ClO3/c1-12(2)9-15(16)13-5-4-6-14(10-13)19-11-18-8-7-17-3/h4-6,10,12,15H,7-9,11H2,1-3H3/t15-/m0/s1. The zero-order valence-corrected chi connectivity index (χ0v) is 12.7. The van der Waals surface area contributed by atoms with Gasteiger partial charge in [0.15, 0.2) is 6.79 Å². The molecular formula is C15H23ClO3. The lowest BCUT2D eigenvalue weighted by Gasteiger charge is -2.14. The molecule has 0 aliphatic heterocycles. The predicted octanol–water partition coefficient (Wildman–Crippen LogP) is 4.01. The minimum atomic E-state index is 0.0259. The highest BCUT2D eigenvalue weighted by atomic mass is 35.5. The van der Waals surface area contributed by atoms with Crippen molar-refractivity contribution in [3.8, 4) is 5.75 Å². The van der Waals surface area contributed by atoms with Gasteiger partial charge in [0.2, 0.25) is 0 Å². The Morgan fingerprint density at radius 1 is 1.21 bits per heavy atom. The van der Waals surface area contributed by atoms with E-state index in [1.165, 1.54) is 0 Å². The number of alkyl halides is 1. The molecule has 0 spiro atoms. The minimum absolute atomic E-state index is 0.0259. The maximum absolute atomic E-state index is 6.37. The van der Waals surface area contributed by atoms with Crippen LogP contribution in [0.15, 0.2) is 24.3 Å². The van der Waals surface area contributed by atoms with Crippen LogP contribution in [0.2, 0.25) is 0 Å². The van der Waals surface area contributed by atoms with E-state index in [0.717, 1.165) is 17.7 Å². The Labute approximate surface area is 120 Å². The maximum atomic E-state index is 6.37. The summed E-state index contributed by atoms with van der Waals surface area (Å²) >= 11 is 6.37. The van der Waals surface area contributed by atoms with E-state index in [1.54, 1.807) is 7.11 Å². The van der Waals surface area contributed by atoms with Crippen LogP contribution in [-0.2, 0) is 9.47 Å². The number of benzene rings is 1. The molecule has 4 heteroatoms. The highest BCUT2D eigenvalue weighted by Gasteiger charge is 2.10. The lowest BCUT2D eigenvalue weighted by atomic mass is 10.0. The second-order valence-corrected chi connectivity index (χ2v) is 5.36. The van der Waals surface area contributed by atoms with Crippen molar-refractivity contribution in [2.75, 3.05) is 27.1 Å². The lowest BCUT2D eigenvalue weighted by molar-refractivity contribution is -0.00850. The zero-order valence-electron chi connectivity index (χ0n) is 11.9. The number of hydrogen-bond acceptors (Lipinski definition) is 3. The van der Waals surface area contributed by atoms with Gasteiger partial charge < -0.3 is 14.2 Å². The van der Waals surface area contributed by atoms with Crippen LogP contribution in [-0.4, -0.2) is 27.1 Å². The summed E-state index contributed by atoms with van der Waals surface area (Å²) < 4.78 is 15.7. The first-order valence-electron chi connectivity index (χ1n) is 6.57. The number of ether oxygens (including phenoxy) is 3. The molecule has 0 unspecified atom stereocenters. The molecule has 0 bridgehead atoms. The first kappa shape index (κ1) is 16.3. The third kappa shape index (κ3) is 6.81. The normalized spacial score (nSPS) is 12.7. The van der Waals surface area contributed by atoms with Gasteiger partial charge in [0.25, 0.3) is 0 Å². The summed E-state index contributed by atoms with van der Waals surface area (Å²) in [5.41, 5.74) is 1.09. The van der Waals surface area contributed by atoms with Crippen LogP contribution in [0.5, 0.6) is 5.75 Å².